The quantitative estimate of drug-likeness (QED) is 0.0254. The van der Waals surface area contributed by atoms with Crippen LogP contribution in [0, 0.1) is 11.6 Å². The number of fused-ring (bicyclic) bond motifs is 2. The lowest BCUT2D eigenvalue weighted by Gasteiger charge is -2.48. The molecule has 0 spiro atoms. The molecule has 536 valence electrons. The predicted molar refractivity (Wildman–Crippen MR) is 370 cm³/mol. The zero-order valence-corrected chi connectivity index (χ0v) is 60.1. The van der Waals surface area contributed by atoms with Gasteiger partial charge in [0.05, 0.1) is 12.1 Å². The van der Waals surface area contributed by atoms with Gasteiger partial charge in [0, 0.05) is 80.2 Å². The van der Waals surface area contributed by atoms with Gasteiger partial charge in [0.15, 0.2) is 17.2 Å². The number of nitrogens with two attached hydrogens (primary N) is 3. The highest BCUT2D eigenvalue weighted by Gasteiger charge is 2.41. The van der Waals surface area contributed by atoms with E-state index in [9.17, 15) is 42.7 Å². The summed E-state index contributed by atoms with van der Waals surface area (Å²) in [7, 11) is 12.6. The van der Waals surface area contributed by atoms with E-state index in [1.807, 2.05) is 135 Å². The molecule has 0 radical (unpaired) electrons. The molecular weight excluding hydrogens is 1220 g/mol. The summed E-state index contributed by atoms with van der Waals surface area (Å²) < 4.78 is 43.1. The van der Waals surface area contributed by atoms with Crippen molar-refractivity contribution < 1.29 is 57.2 Å². The van der Waals surface area contributed by atoms with Crippen LogP contribution in [0.25, 0.3) is 0 Å². The minimum absolute atomic E-state index is 0.0253. The molecule has 1 saturated heterocycles. The molecule has 3 aromatic rings. The third-order valence-corrected chi connectivity index (χ3v) is 13.8. The fourth-order valence-corrected chi connectivity index (χ4v) is 8.11. The van der Waals surface area contributed by atoms with Gasteiger partial charge in [-0.1, -0.05) is 36.4 Å². The van der Waals surface area contributed by atoms with Crippen LogP contribution >= 0.6 is 11.6 Å². The second-order valence-electron chi connectivity index (χ2n) is 24.5. The fourth-order valence-electron chi connectivity index (χ4n) is 8.05. The number of aromatic hydroxyl groups is 1. The smallest absolute Gasteiger partial charge is 0.407 e. The highest BCUT2D eigenvalue weighted by atomic mass is 35.5. The number of alkyl carbamates (subject to hydrolysis) is 2. The van der Waals surface area contributed by atoms with Gasteiger partial charge in [0.2, 0.25) is 5.43 Å². The summed E-state index contributed by atoms with van der Waals surface area (Å²) in [5.41, 5.74) is 14.2. The van der Waals surface area contributed by atoms with Crippen LogP contribution in [0.1, 0.15) is 160 Å². The van der Waals surface area contributed by atoms with E-state index in [2.05, 4.69) is 67.6 Å². The fraction of sp³-hybridized carbons (Fsp3) is 0.667. The van der Waals surface area contributed by atoms with Crippen LogP contribution in [0.2, 0.25) is 0 Å². The molecule has 3 amide bonds. The van der Waals surface area contributed by atoms with Crippen molar-refractivity contribution in [2.45, 2.75) is 201 Å². The standard InChI is InChI=1S/C22H23F2N3O4.C10H22N2O2.C9H20N2O2.C8H7ClO2.C6H16N2.2C5H14N2.CH4O/c1-12-7-8-27-18(25(12)2)11-26-10-15(20(29)21(30)19(26)22(27)31)17(28)6-4-13-3-5-14(23)9-16(13)24;1-8(6-7-11-5)12-9(13)14-10(2,3)4;1-7(5-6-10)11-8(12)13-9(2,3)4;9-8(10)11-6-7-4-2-1-3-5-7;1-6(8-3)4-5-7-2;1-5(6)3-4-7-2;1-5(7-2)3-4-6;1-2/h3,5,9-10,12,18,30H,4,6-8,11H2,1-2H3;8,11H,6-7H2,1-5H3,(H,12,13);7H,5-6,10H2,1-4H3,(H,11,12);1-5H,6H2;6-8H,4-5H2,1-3H3;2*5,7H,3-4,6H2,1-2H3;2H,1H3/t12-,18?;8-;7-;;6-;2*5-;/m000.000./s1. The first-order chi connectivity index (χ1) is 43.6. The molecule has 0 aliphatic carbocycles. The third kappa shape index (κ3) is 43.7. The van der Waals surface area contributed by atoms with Crippen LogP contribution in [0.15, 0.2) is 59.5 Å². The number of benzene rings is 2. The number of ether oxygens (including phenoxy) is 3. The predicted octanol–water partition coefficient (Wildman–Crippen LogP) is 7.17. The van der Waals surface area contributed by atoms with Crippen molar-refractivity contribution in [3.05, 3.63) is 99.0 Å². The maximum absolute atomic E-state index is 13.8. The number of amides is 3. The van der Waals surface area contributed by atoms with Crippen LogP contribution < -0.4 is 59.8 Å². The summed E-state index contributed by atoms with van der Waals surface area (Å²) in [6, 6.07) is 14.5. The van der Waals surface area contributed by atoms with Crippen molar-refractivity contribution in [1.29, 1.82) is 0 Å². The molecule has 0 saturated carbocycles. The molecule has 7 atom stereocenters. The van der Waals surface area contributed by atoms with Gasteiger partial charge in [-0.3, -0.25) is 19.3 Å². The number of ketones is 1. The van der Waals surface area contributed by atoms with Crippen molar-refractivity contribution >= 4 is 40.9 Å². The van der Waals surface area contributed by atoms with Gasteiger partial charge in [0.1, 0.15) is 35.6 Å². The van der Waals surface area contributed by atoms with Gasteiger partial charge in [-0.05, 0) is 220 Å². The lowest BCUT2D eigenvalue weighted by molar-refractivity contribution is -0.0196. The number of nitrogens with one attached hydrogen (secondary N) is 7. The number of likely N-dealkylation sites (N-methyl/N-ethyl adjacent to an activating group) is 1. The van der Waals surface area contributed by atoms with E-state index in [1.165, 1.54) is 23.3 Å². The van der Waals surface area contributed by atoms with Crippen LogP contribution in [0.3, 0.4) is 0 Å². The van der Waals surface area contributed by atoms with E-state index in [0.717, 1.165) is 83.1 Å². The van der Waals surface area contributed by atoms with Crippen molar-refractivity contribution in [2.75, 3.05) is 88.7 Å². The minimum Gasteiger partial charge on any atom is -0.503 e. The Morgan fingerprint density at radius 1 is 0.731 bits per heavy atom. The second kappa shape index (κ2) is 51.4. The first kappa shape index (κ1) is 91.3. The summed E-state index contributed by atoms with van der Waals surface area (Å²) in [5.74, 6) is -3.26. The number of aryl methyl sites for hydroxylation is 1. The Balaban J connectivity index is -0.00000111. The number of hydrogen-bond donors (Lipinski definition) is 12. The van der Waals surface area contributed by atoms with Crippen LogP contribution in [-0.2, 0) is 33.8 Å². The molecule has 3 heterocycles. The SMILES string of the molecule is CNCC[C@H](C)N.CNCC[C@H](C)NC.CNCC[C@H](C)NC(=O)OC(C)(C)C.CN[C@@H](C)CCN.CO.C[C@@H](CCN)NC(=O)OC(C)(C)C.C[C@H]1CCN2C(=O)c3c(O)c(=O)c(C(=O)CCc4ccc(F)cc4F)cn3CC2N1C.O=C(Cl)OCc1ccccc1. The average Bonchev–Trinajstić information content (AvgIpc) is 0.749. The van der Waals surface area contributed by atoms with Crippen molar-refractivity contribution in [3.8, 4) is 5.75 Å². The van der Waals surface area contributed by atoms with Crippen LogP contribution in [0.4, 0.5) is 23.2 Å². The monoisotopic (exact) mass is 1340 g/mol. The summed E-state index contributed by atoms with van der Waals surface area (Å²) in [6.45, 7) is 28.7. The zero-order chi connectivity index (χ0) is 72.0. The number of Topliss-reactive ketones (excluding diaryl/α,β-unsaturated/α-hetero) is 1. The van der Waals surface area contributed by atoms with E-state index in [4.69, 9.17) is 43.4 Å². The van der Waals surface area contributed by atoms with Crippen LogP contribution in [0.5, 0.6) is 5.75 Å². The summed E-state index contributed by atoms with van der Waals surface area (Å²) >= 11 is 4.97. The molecule has 1 unspecified atom stereocenters. The first-order valence-corrected chi connectivity index (χ1v) is 32.1. The number of aliphatic hydroxyl groups excluding tert-OH is 1. The molecule has 27 heteroatoms. The Labute approximate surface area is 559 Å². The number of carbonyl (C=O) groups excluding carboxylic acids is 5. The Morgan fingerprint density at radius 2 is 1.20 bits per heavy atom. The normalized spacial score (nSPS) is 15.4. The maximum atomic E-state index is 13.8. The molecule has 24 nitrogen and oxygen atoms in total. The van der Waals surface area contributed by atoms with E-state index >= 15 is 0 Å². The van der Waals surface area contributed by atoms with Gasteiger partial charge < -0.3 is 88.3 Å². The van der Waals surface area contributed by atoms with Crippen molar-refractivity contribution in [3.63, 3.8) is 0 Å². The highest BCUT2D eigenvalue weighted by molar-refractivity contribution is 6.61. The first-order valence-electron chi connectivity index (χ1n) is 31.8. The van der Waals surface area contributed by atoms with E-state index < -0.39 is 51.1 Å². The van der Waals surface area contributed by atoms with Gasteiger partial charge >= 0.3 is 17.6 Å². The molecule has 2 aliphatic heterocycles. The van der Waals surface area contributed by atoms with Crippen molar-refractivity contribution in [2.24, 2.45) is 17.2 Å². The summed E-state index contributed by atoms with van der Waals surface area (Å²) in [6.07, 6.45) is 5.88. The van der Waals surface area contributed by atoms with Gasteiger partial charge in [0.25, 0.3) is 5.91 Å². The minimum atomic E-state index is -0.915. The third-order valence-electron chi connectivity index (χ3n) is 13.7. The lowest BCUT2D eigenvalue weighted by atomic mass is 10.0. The summed E-state index contributed by atoms with van der Waals surface area (Å²) in [5, 5.41) is 38.3. The molecule has 93 heavy (non-hydrogen) atoms. The summed E-state index contributed by atoms with van der Waals surface area (Å²) in [4.78, 5) is 74.6. The largest absolute Gasteiger partial charge is 0.503 e. The number of hydrogen-bond acceptors (Lipinski definition) is 20. The van der Waals surface area contributed by atoms with Gasteiger partial charge in [-0.25, -0.2) is 23.2 Å². The van der Waals surface area contributed by atoms with E-state index in [1.54, 1.807) is 4.90 Å². The van der Waals surface area contributed by atoms with Crippen molar-refractivity contribution in [1.82, 2.24) is 51.6 Å². The molecule has 2 aromatic carbocycles. The second-order valence-corrected chi connectivity index (χ2v) is 24.8. The zero-order valence-electron chi connectivity index (χ0n) is 59.3. The molecular formula is C66H120ClF2N13O11. The molecule has 5 rings (SSSR count). The number of aromatic nitrogens is 1. The number of nitrogens with zero attached hydrogens (tertiary/aromatic N) is 3. The number of pyridine rings is 1. The molecule has 1 aromatic heterocycles. The number of halogens is 3. The number of rotatable bonds is 23. The van der Waals surface area contributed by atoms with Gasteiger partial charge in [-0.15, -0.1) is 0 Å². The Bertz CT molecular complexity index is 2580. The molecule has 0 bridgehead atoms. The highest BCUT2D eigenvalue weighted by Crippen LogP contribution is 2.29. The Hall–Kier alpha value is -5.91. The van der Waals surface area contributed by atoms with E-state index in [-0.39, 0.29) is 72.7 Å². The van der Waals surface area contributed by atoms with Crippen LogP contribution in [-0.4, -0.2) is 196 Å². The molecule has 15 N–H and O–H groups in total. The molecule has 1 fully saturated rings. The molecule has 2 aliphatic rings. The number of aliphatic hydroxyl groups is 1. The average molecular weight is 1350 g/mol. The topological polar surface area (TPSA) is 344 Å². The van der Waals surface area contributed by atoms with Gasteiger partial charge in [-0.2, -0.15) is 0 Å². The van der Waals surface area contributed by atoms with E-state index in [0.29, 0.717) is 37.8 Å². The Morgan fingerprint density at radius 3 is 1.63 bits per heavy atom. The number of carbonyl (C=O) groups is 5. The Kier molecular flexibility index (Phi) is 50.5. The lowest BCUT2D eigenvalue weighted by Crippen LogP contribution is -2.62. The maximum Gasteiger partial charge on any atom is 0.407 e.